The van der Waals surface area contributed by atoms with Crippen LogP contribution in [-0.4, -0.2) is 36.5 Å². The average molecular weight is 566 g/mol. The Morgan fingerprint density at radius 3 is 2.61 bits per heavy atom. The molecule has 3 aromatic carbocycles. The lowest BCUT2D eigenvalue weighted by Gasteiger charge is -2.26. The van der Waals surface area contributed by atoms with Gasteiger partial charge in [-0.25, -0.2) is 9.37 Å². The van der Waals surface area contributed by atoms with E-state index in [-0.39, 0.29) is 29.6 Å². The summed E-state index contributed by atoms with van der Waals surface area (Å²) in [4.78, 5) is 4.43. The van der Waals surface area contributed by atoms with Crippen molar-refractivity contribution in [1.29, 1.82) is 0 Å². The zero-order valence-corrected chi connectivity index (χ0v) is 22.3. The van der Waals surface area contributed by atoms with Crippen molar-refractivity contribution < 1.29 is 27.1 Å². The van der Waals surface area contributed by atoms with Crippen molar-refractivity contribution in [3.63, 3.8) is 0 Å². The van der Waals surface area contributed by atoms with Crippen molar-refractivity contribution >= 4 is 11.1 Å². The molecule has 0 amide bonds. The number of benzene rings is 3. The molecule has 0 spiro atoms. The third-order valence-electron chi connectivity index (χ3n) is 7.69. The Morgan fingerprint density at radius 2 is 1.90 bits per heavy atom. The zero-order valence-electron chi connectivity index (χ0n) is 22.3. The summed E-state index contributed by atoms with van der Waals surface area (Å²) in [7, 11) is 1.75. The molecule has 0 saturated heterocycles. The van der Waals surface area contributed by atoms with Gasteiger partial charge in [0.25, 0.3) is 0 Å². The molecule has 1 fully saturated rings. The lowest BCUT2D eigenvalue weighted by molar-refractivity contribution is -0.136. The van der Waals surface area contributed by atoms with Crippen molar-refractivity contribution in [1.82, 2.24) is 25.1 Å². The van der Waals surface area contributed by atoms with E-state index in [1.165, 1.54) is 18.5 Å². The molecule has 41 heavy (non-hydrogen) atoms. The van der Waals surface area contributed by atoms with Crippen LogP contribution in [-0.2, 0) is 19.8 Å². The topological polar surface area (TPSA) is 89.0 Å². The molecule has 1 saturated carbocycles. The van der Waals surface area contributed by atoms with Gasteiger partial charge in [0.2, 0.25) is 5.89 Å². The van der Waals surface area contributed by atoms with Gasteiger partial charge >= 0.3 is 6.18 Å². The average Bonchev–Trinajstić information content (AvgIpc) is 3.64. The molecule has 0 aliphatic heterocycles. The molecule has 2 atom stereocenters. The maximum atomic E-state index is 14.2. The lowest BCUT2D eigenvalue weighted by Crippen LogP contribution is -2.44. The van der Waals surface area contributed by atoms with Crippen LogP contribution in [0.5, 0.6) is 0 Å². The smallest absolute Gasteiger partial charge is 0.420 e. The Hall–Kier alpha value is -4.09. The molecule has 5 aromatic rings. The molecule has 2 aromatic heterocycles. The van der Waals surface area contributed by atoms with Gasteiger partial charge < -0.3 is 19.4 Å². The first kappa shape index (κ1) is 27.1. The highest BCUT2D eigenvalue weighted by Crippen LogP contribution is 2.39. The molecule has 212 valence electrons. The van der Waals surface area contributed by atoms with Crippen LogP contribution in [0.4, 0.5) is 17.6 Å². The normalized spacial score (nSPS) is 19.3. The number of halogens is 4. The number of rotatable bonds is 6. The summed E-state index contributed by atoms with van der Waals surface area (Å²) in [6.45, 7) is 1.88. The predicted octanol–water partition coefficient (Wildman–Crippen LogP) is 6.51. The fourth-order valence-corrected chi connectivity index (χ4v) is 5.54. The van der Waals surface area contributed by atoms with E-state index in [9.17, 15) is 22.7 Å². The van der Waals surface area contributed by atoms with E-state index in [0.717, 1.165) is 18.9 Å². The maximum absolute atomic E-state index is 14.2. The quantitative estimate of drug-likeness (QED) is 0.228. The highest BCUT2D eigenvalue weighted by atomic mass is 19.4. The van der Waals surface area contributed by atoms with Crippen molar-refractivity contribution in [3.05, 3.63) is 77.9 Å². The number of alkyl halides is 3. The summed E-state index contributed by atoms with van der Waals surface area (Å²) < 4.78 is 63.9. The summed E-state index contributed by atoms with van der Waals surface area (Å²) in [6, 6.07) is 13.7. The third kappa shape index (κ3) is 5.22. The molecule has 1 aliphatic carbocycles. The van der Waals surface area contributed by atoms with Crippen LogP contribution in [0.2, 0.25) is 0 Å². The second-order valence-corrected chi connectivity index (χ2v) is 10.7. The number of aryl methyl sites for hydroxylation is 1. The number of hydrogen-bond donors (Lipinski definition) is 2. The molecule has 6 rings (SSSR count). The van der Waals surface area contributed by atoms with Gasteiger partial charge in [-0.15, -0.1) is 10.2 Å². The SMILES string of the molecule is Cn1cnnc1-c1cc(F)ccc1-c1cccc(-c2nc3cc(CN[C@@H]4CCC[C@@]4(C)O)cc(C(F)(F)F)c3o2)c1. The van der Waals surface area contributed by atoms with E-state index in [0.29, 0.717) is 40.1 Å². The number of oxazole rings is 1. The van der Waals surface area contributed by atoms with Crippen molar-refractivity contribution in [2.24, 2.45) is 7.05 Å². The zero-order chi connectivity index (χ0) is 28.9. The van der Waals surface area contributed by atoms with Crippen LogP contribution in [0, 0.1) is 5.82 Å². The number of fused-ring (bicyclic) bond motifs is 1. The number of nitrogens with zero attached hydrogens (tertiary/aromatic N) is 4. The summed E-state index contributed by atoms with van der Waals surface area (Å²) in [5.41, 5.74) is 0.607. The largest absolute Gasteiger partial charge is 0.435 e. The molecule has 0 radical (unpaired) electrons. The molecule has 1 aliphatic rings. The predicted molar refractivity (Wildman–Crippen MR) is 145 cm³/mol. The minimum atomic E-state index is -4.66. The van der Waals surface area contributed by atoms with E-state index in [1.807, 2.05) is 6.07 Å². The summed E-state index contributed by atoms with van der Waals surface area (Å²) in [6.07, 6.45) is -0.914. The number of hydrogen-bond acceptors (Lipinski definition) is 6. The second-order valence-electron chi connectivity index (χ2n) is 10.7. The lowest BCUT2D eigenvalue weighted by atomic mass is 9.97. The highest BCUT2D eigenvalue weighted by molar-refractivity contribution is 5.84. The molecule has 2 heterocycles. The van der Waals surface area contributed by atoms with Gasteiger partial charge in [-0.3, -0.25) is 0 Å². The molecular formula is C30H27F4N5O2. The van der Waals surface area contributed by atoms with Gasteiger partial charge in [0, 0.05) is 30.8 Å². The Balaban J connectivity index is 1.38. The molecule has 0 unspecified atom stereocenters. The van der Waals surface area contributed by atoms with Crippen LogP contribution in [0.1, 0.15) is 37.3 Å². The van der Waals surface area contributed by atoms with Crippen molar-refractivity contribution in [2.75, 3.05) is 0 Å². The van der Waals surface area contributed by atoms with Crippen molar-refractivity contribution in [3.8, 4) is 34.0 Å². The monoisotopic (exact) mass is 565 g/mol. The minimum absolute atomic E-state index is 0.0264. The Bertz CT molecular complexity index is 1740. The number of aromatic nitrogens is 4. The number of nitrogens with one attached hydrogen (secondary N) is 1. The van der Waals surface area contributed by atoms with Crippen LogP contribution in [0.3, 0.4) is 0 Å². The van der Waals surface area contributed by atoms with E-state index >= 15 is 0 Å². The van der Waals surface area contributed by atoms with Crippen LogP contribution >= 0.6 is 0 Å². The molecule has 0 bridgehead atoms. The van der Waals surface area contributed by atoms with Gasteiger partial charge in [-0.2, -0.15) is 13.2 Å². The Morgan fingerprint density at radius 1 is 1.10 bits per heavy atom. The summed E-state index contributed by atoms with van der Waals surface area (Å²) in [5, 5.41) is 21.7. The minimum Gasteiger partial charge on any atom is -0.435 e. The molecule has 2 N–H and O–H groups in total. The first-order valence-corrected chi connectivity index (χ1v) is 13.2. The van der Waals surface area contributed by atoms with Crippen LogP contribution < -0.4 is 5.32 Å². The van der Waals surface area contributed by atoms with E-state index in [1.54, 1.807) is 48.9 Å². The first-order valence-electron chi connectivity index (χ1n) is 13.2. The first-order chi connectivity index (χ1) is 19.5. The highest BCUT2D eigenvalue weighted by Gasteiger charge is 2.37. The van der Waals surface area contributed by atoms with Gasteiger partial charge in [0.1, 0.15) is 23.2 Å². The molecular weight excluding hydrogens is 538 g/mol. The summed E-state index contributed by atoms with van der Waals surface area (Å²) >= 11 is 0. The summed E-state index contributed by atoms with van der Waals surface area (Å²) in [5.74, 6) is 0.0451. The van der Waals surface area contributed by atoms with E-state index < -0.39 is 23.2 Å². The fraction of sp³-hybridized carbons (Fsp3) is 0.300. The Kier molecular flexibility index (Phi) is 6.66. The molecule has 7 nitrogen and oxygen atoms in total. The third-order valence-corrected chi connectivity index (χ3v) is 7.69. The van der Waals surface area contributed by atoms with Gasteiger partial charge in [0.15, 0.2) is 11.4 Å². The van der Waals surface area contributed by atoms with Crippen LogP contribution in [0.25, 0.3) is 45.1 Å². The Labute approximate surface area is 232 Å². The second kappa shape index (κ2) is 10.1. The van der Waals surface area contributed by atoms with Gasteiger partial charge in [0.05, 0.1) is 5.60 Å². The van der Waals surface area contributed by atoms with Crippen molar-refractivity contribution in [2.45, 2.75) is 50.6 Å². The standard InChI is InChI=1S/C30H27F4N5O2/c1-29(40)10-4-7-25(29)35-15-17-11-23(30(32,33)34)26-24(12-17)37-28(41-26)19-6-3-5-18(13-19)21-9-8-20(31)14-22(21)27-38-36-16-39(27)2/h3,5-6,8-9,11-14,16,25,35,40H,4,7,10,15H2,1-2H3/t25-,29-/m1/s1. The maximum Gasteiger partial charge on any atom is 0.420 e. The van der Waals surface area contributed by atoms with Crippen LogP contribution in [0.15, 0.2) is 65.3 Å². The molecule has 11 heteroatoms. The van der Waals surface area contributed by atoms with E-state index in [4.69, 9.17) is 4.42 Å². The van der Waals surface area contributed by atoms with Gasteiger partial charge in [-0.05, 0) is 79.3 Å². The number of aliphatic hydroxyl groups is 1. The van der Waals surface area contributed by atoms with Gasteiger partial charge in [-0.1, -0.05) is 18.2 Å². The van der Waals surface area contributed by atoms with E-state index in [2.05, 4.69) is 20.5 Å². The fourth-order valence-electron chi connectivity index (χ4n) is 5.54.